The third kappa shape index (κ3) is 5.49. The van der Waals surface area contributed by atoms with Gasteiger partial charge in [-0.05, 0) is 57.6 Å². The monoisotopic (exact) mass is 457 g/mol. The van der Waals surface area contributed by atoms with Gasteiger partial charge < -0.3 is 19.7 Å². The number of benzene rings is 1. The van der Waals surface area contributed by atoms with E-state index in [1.807, 2.05) is 45.0 Å². The van der Waals surface area contributed by atoms with Gasteiger partial charge in [0.25, 0.3) is 0 Å². The lowest BCUT2D eigenvalue weighted by Gasteiger charge is -2.39. The molecule has 0 radical (unpaired) electrons. The van der Waals surface area contributed by atoms with Crippen LogP contribution in [0.15, 0.2) is 24.3 Å². The third-order valence-corrected chi connectivity index (χ3v) is 6.53. The average molecular weight is 458 g/mol. The Hall–Kier alpha value is -2.61. The first-order chi connectivity index (χ1) is 15.7. The number of carbonyl (C=O) groups is 3. The van der Waals surface area contributed by atoms with Gasteiger partial charge >= 0.3 is 6.09 Å². The summed E-state index contributed by atoms with van der Waals surface area (Å²) in [4.78, 5) is 42.9. The Bertz CT molecular complexity index is 890. The Morgan fingerprint density at radius 2 is 1.82 bits per heavy atom. The standard InChI is InChI=1S/C25H35N3O5/c1-25(2,3)33-24(31)28-16-18-9-5-4-8-17(18)14-21(28)23(30)27-12-6-11-20(27)22(29)26-15-19-10-7-13-32-19/h4-5,8-9,19-21H,6-7,10-16H2,1-3H3,(H,26,29). The molecule has 0 aromatic heterocycles. The van der Waals surface area contributed by atoms with Crippen molar-refractivity contribution >= 4 is 17.9 Å². The summed E-state index contributed by atoms with van der Waals surface area (Å²) in [5, 5.41) is 2.97. The summed E-state index contributed by atoms with van der Waals surface area (Å²) < 4.78 is 11.2. The zero-order chi connectivity index (χ0) is 23.6. The van der Waals surface area contributed by atoms with Crippen molar-refractivity contribution in [3.63, 3.8) is 0 Å². The van der Waals surface area contributed by atoms with Crippen LogP contribution in [-0.4, -0.2) is 71.2 Å². The van der Waals surface area contributed by atoms with Crippen molar-refractivity contribution in [3.05, 3.63) is 35.4 Å². The molecule has 8 nitrogen and oxygen atoms in total. The lowest BCUT2D eigenvalue weighted by molar-refractivity contribution is -0.143. The molecule has 1 aromatic carbocycles. The van der Waals surface area contributed by atoms with E-state index in [1.54, 1.807) is 4.90 Å². The highest BCUT2D eigenvalue weighted by Gasteiger charge is 2.43. The maximum Gasteiger partial charge on any atom is 0.411 e. The van der Waals surface area contributed by atoms with Crippen LogP contribution in [-0.2, 0) is 32.0 Å². The molecule has 2 fully saturated rings. The highest BCUT2D eigenvalue weighted by molar-refractivity contribution is 5.92. The van der Waals surface area contributed by atoms with Gasteiger partial charge in [-0.15, -0.1) is 0 Å². The van der Waals surface area contributed by atoms with Gasteiger partial charge in [-0.2, -0.15) is 0 Å². The fourth-order valence-electron chi connectivity index (χ4n) is 4.89. The van der Waals surface area contributed by atoms with Crippen LogP contribution < -0.4 is 5.32 Å². The van der Waals surface area contributed by atoms with Crippen LogP contribution in [0.3, 0.4) is 0 Å². The predicted molar refractivity (Wildman–Crippen MR) is 122 cm³/mol. The molecule has 3 aliphatic rings. The number of hydrogen-bond donors (Lipinski definition) is 1. The number of nitrogens with one attached hydrogen (secondary N) is 1. The second-order valence-corrected chi connectivity index (χ2v) is 10.2. The lowest BCUT2D eigenvalue weighted by atomic mass is 9.93. The van der Waals surface area contributed by atoms with E-state index in [4.69, 9.17) is 9.47 Å². The minimum absolute atomic E-state index is 0.0528. The zero-order valence-corrected chi connectivity index (χ0v) is 19.8. The number of nitrogens with zero attached hydrogens (tertiary/aromatic N) is 2. The molecule has 2 saturated heterocycles. The van der Waals surface area contributed by atoms with Crippen LogP contribution >= 0.6 is 0 Å². The van der Waals surface area contributed by atoms with E-state index in [0.717, 1.165) is 37.0 Å². The molecule has 180 valence electrons. The van der Waals surface area contributed by atoms with Crippen LogP contribution in [0.1, 0.15) is 57.6 Å². The van der Waals surface area contributed by atoms with E-state index in [-0.39, 0.29) is 17.9 Å². The van der Waals surface area contributed by atoms with E-state index in [1.165, 1.54) is 4.90 Å². The zero-order valence-electron chi connectivity index (χ0n) is 19.8. The molecule has 3 heterocycles. The van der Waals surface area contributed by atoms with Gasteiger partial charge in [0.1, 0.15) is 17.7 Å². The van der Waals surface area contributed by atoms with Crippen LogP contribution in [0, 0.1) is 0 Å². The number of hydrogen-bond acceptors (Lipinski definition) is 5. The lowest BCUT2D eigenvalue weighted by Crippen LogP contribution is -2.57. The van der Waals surface area contributed by atoms with E-state index >= 15 is 0 Å². The number of rotatable bonds is 4. The topological polar surface area (TPSA) is 88.2 Å². The van der Waals surface area contributed by atoms with Crippen molar-refractivity contribution in [1.82, 2.24) is 15.1 Å². The Kier molecular flexibility index (Phi) is 6.93. The second-order valence-electron chi connectivity index (χ2n) is 10.2. The number of fused-ring (bicyclic) bond motifs is 1. The fraction of sp³-hybridized carbons (Fsp3) is 0.640. The van der Waals surface area contributed by atoms with Crippen LogP contribution in [0.4, 0.5) is 4.79 Å². The number of ether oxygens (including phenoxy) is 2. The molecule has 0 aliphatic carbocycles. The molecule has 0 saturated carbocycles. The normalized spacial score (nSPS) is 25.0. The van der Waals surface area contributed by atoms with Crippen molar-refractivity contribution in [2.45, 2.75) is 83.2 Å². The molecule has 3 amide bonds. The molecule has 1 aromatic rings. The van der Waals surface area contributed by atoms with Crippen LogP contribution in [0.2, 0.25) is 0 Å². The molecule has 4 rings (SSSR count). The summed E-state index contributed by atoms with van der Waals surface area (Å²) in [5.74, 6) is -0.332. The number of likely N-dealkylation sites (tertiary alicyclic amines) is 1. The van der Waals surface area contributed by atoms with Crippen molar-refractivity contribution in [1.29, 1.82) is 0 Å². The van der Waals surface area contributed by atoms with Crippen molar-refractivity contribution in [2.75, 3.05) is 19.7 Å². The summed E-state index contributed by atoms with van der Waals surface area (Å²) >= 11 is 0. The van der Waals surface area contributed by atoms with E-state index in [0.29, 0.717) is 32.5 Å². The predicted octanol–water partition coefficient (Wildman–Crippen LogP) is 2.63. The minimum atomic E-state index is -0.693. The van der Waals surface area contributed by atoms with E-state index in [9.17, 15) is 14.4 Å². The SMILES string of the molecule is CC(C)(C)OC(=O)N1Cc2ccccc2CC1C(=O)N1CCCC1C(=O)NCC1CCCO1. The molecule has 3 atom stereocenters. The molecule has 33 heavy (non-hydrogen) atoms. The van der Waals surface area contributed by atoms with Gasteiger partial charge in [0.2, 0.25) is 11.8 Å². The summed E-state index contributed by atoms with van der Waals surface area (Å²) in [5.41, 5.74) is 1.40. The number of amides is 3. The maximum atomic E-state index is 13.7. The van der Waals surface area contributed by atoms with Crippen molar-refractivity contribution < 1.29 is 23.9 Å². The Morgan fingerprint density at radius 3 is 2.52 bits per heavy atom. The Morgan fingerprint density at radius 1 is 1.06 bits per heavy atom. The van der Waals surface area contributed by atoms with Gasteiger partial charge in [-0.25, -0.2) is 4.79 Å². The smallest absolute Gasteiger partial charge is 0.411 e. The Labute approximate surface area is 195 Å². The second kappa shape index (κ2) is 9.71. The Balaban J connectivity index is 1.50. The minimum Gasteiger partial charge on any atom is -0.444 e. The van der Waals surface area contributed by atoms with Gasteiger partial charge in [0.15, 0.2) is 0 Å². The maximum absolute atomic E-state index is 13.7. The molecule has 0 spiro atoms. The van der Waals surface area contributed by atoms with Crippen molar-refractivity contribution in [3.8, 4) is 0 Å². The van der Waals surface area contributed by atoms with Gasteiger partial charge in [-0.1, -0.05) is 24.3 Å². The van der Waals surface area contributed by atoms with Crippen molar-refractivity contribution in [2.24, 2.45) is 0 Å². The first-order valence-electron chi connectivity index (χ1n) is 12.0. The van der Waals surface area contributed by atoms with Crippen LogP contribution in [0.25, 0.3) is 0 Å². The first kappa shape index (κ1) is 23.5. The number of carbonyl (C=O) groups excluding carboxylic acids is 3. The van der Waals surface area contributed by atoms with Crippen LogP contribution in [0.5, 0.6) is 0 Å². The first-order valence-corrected chi connectivity index (χ1v) is 12.0. The molecular weight excluding hydrogens is 422 g/mol. The largest absolute Gasteiger partial charge is 0.444 e. The van der Waals surface area contributed by atoms with Gasteiger partial charge in [0, 0.05) is 26.1 Å². The molecule has 8 heteroatoms. The molecule has 3 unspecified atom stereocenters. The summed E-state index contributed by atoms with van der Waals surface area (Å²) in [6.07, 6.45) is 3.30. The highest BCUT2D eigenvalue weighted by Crippen LogP contribution is 2.29. The van der Waals surface area contributed by atoms with Gasteiger partial charge in [-0.3, -0.25) is 14.5 Å². The van der Waals surface area contributed by atoms with E-state index < -0.39 is 23.8 Å². The molecular formula is C25H35N3O5. The fourth-order valence-corrected chi connectivity index (χ4v) is 4.89. The average Bonchev–Trinajstić information content (AvgIpc) is 3.47. The summed E-state index contributed by atoms with van der Waals surface area (Å²) in [6.45, 7) is 7.47. The molecule has 1 N–H and O–H groups in total. The third-order valence-electron chi connectivity index (χ3n) is 6.53. The highest BCUT2D eigenvalue weighted by atomic mass is 16.6. The molecule has 3 aliphatic heterocycles. The van der Waals surface area contributed by atoms with Gasteiger partial charge in [0.05, 0.1) is 12.6 Å². The summed E-state index contributed by atoms with van der Waals surface area (Å²) in [7, 11) is 0. The summed E-state index contributed by atoms with van der Waals surface area (Å²) in [6, 6.07) is 6.64. The quantitative estimate of drug-likeness (QED) is 0.751. The molecule has 0 bridgehead atoms. The van der Waals surface area contributed by atoms with E-state index in [2.05, 4.69) is 5.32 Å².